The molecule has 9 heteroatoms. The first-order chi connectivity index (χ1) is 12.8. The minimum absolute atomic E-state index is 0.0668. The molecule has 0 aliphatic heterocycles. The number of carboxylic acid groups (broad SMARTS) is 1. The van der Waals surface area contributed by atoms with Crippen LogP contribution in [0, 0.1) is 18.8 Å². The van der Waals surface area contributed by atoms with Gasteiger partial charge in [0, 0.05) is 0 Å². The van der Waals surface area contributed by atoms with Gasteiger partial charge in [-0.3, -0.25) is 9.59 Å². The molecule has 1 aromatic rings. The van der Waals surface area contributed by atoms with Crippen LogP contribution < -0.4 is 5.32 Å². The maximum Gasteiger partial charge on any atom is 0.348 e. The van der Waals surface area contributed by atoms with Gasteiger partial charge in [0.1, 0.15) is 9.88 Å². The van der Waals surface area contributed by atoms with Crippen molar-refractivity contribution in [3.8, 4) is 0 Å². The molecule has 1 aliphatic carbocycles. The van der Waals surface area contributed by atoms with Gasteiger partial charge in [-0.05, 0) is 32.3 Å². The minimum atomic E-state index is -1.05. The lowest BCUT2D eigenvalue weighted by atomic mass is 9.82. The Kier molecular flexibility index (Phi) is 6.73. The van der Waals surface area contributed by atoms with Crippen molar-refractivity contribution in [1.29, 1.82) is 0 Å². The Hall–Kier alpha value is -2.68. The monoisotopic (exact) mass is 395 g/mol. The first kappa shape index (κ1) is 20.6. The fourth-order valence-electron chi connectivity index (χ4n) is 2.92. The van der Waals surface area contributed by atoms with E-state index in [4.69, 9.17) is 9.47 Å². The Bertz CT molecular complexity index is 796. The summed E-state index contributed by atoms with van der Waals surface area (Å²) in [6.45, 7) is 3.39. The second-order valence-electron chi connectivity index (χ2n) is 5.96. The number of carboxylic acids is 1. The zero-order chi connectivity index (χ0) is 20.1. The van der Waals surface area contributed by atoms with Crippen molar-refractivity contribution in [2.75, 3.05) is 19.0 Å². The molecule has 0 fully saturated rings. The highest BCUT2D eigenvalue weighted by atomic mass is 32.1. The summed E-state index contributed by atoms with van der Waals surface area (Å²) < 4.78 is 9.74. The number of anilines is 1. The number of carbonyl (C=O) groups excluding carboxylic acids is 3. The predicted molar refractivity (Wildman–Crippen MR) is 98.0 cm³/mol. The van der Waals surface area contributed by atoms with Crippen molar-refractivity contribution in [3.63, 3.8) is 0 Å². The molecule has 1 amide bonds. The average Bonchev–Trinajstić information content (AvgIpc) is 2.97. The SMILES string of the molecule is CCOC(=O)c1sc(NC(=O)[C@H]2CC=CC[C@H]2C(=O)O)c(C(=O)OC)c1C. The third-order valence-corrected chi connectivity index (χ3v) is 5.51. The largest absolute Gasteiger partial charge is 0.481 e. The number of hydrogen-bond donors (Lipinski definition) is 2. The summed E-state index contributed by atoms with van der Waals surface area (Å²) in [6.07, 6.45) is 4.03. The summed E-state index contributed by atoms with van der Waals surface area (Å²) in [7, 11) is 1.20. The van der Waals surface area contributed by atoms with Gasteiger partial charge in [-0.2, -0.15) is 0 Å². The molecule has 0 aromatic carbocycles. The van der Waals surface area contributed by atoms with Crippen LogP contribution in [-0.2, 0) is 19.1 Å². The fraction of sp³-hybridized carbons (Fsp3) is 0.444. The van der Waals surface area contributed by atoms with Gasteiger partial charge in [-0.15, -0.1) is 11.3 Å². The molecule has 8 nitrogen and oxygen atoms in total. The highest BCUT2D eigenvalue weighted by molar-refractivity contribution is 7.18. The Labute approximate surface area is 160 Å². The number of nitrogens with one attached hydrogen (secondary N) is 1. The molecule has 146 valence electrons. The summed E-state index contributed by atoms with van der Waals surface area (Å²) >= 11 is 0.907. The number of rotatable bonds is 6. The number of aliphatic carboxylic acids is 1. The first-order valence-corrected chi connectivity index (χ1v) is 9.20. The van der Waals surface area contributed by atoms with Gasteiger partial charge >= 0.3 is 17.9 Å². The highest BCUT2D eigenvalue weighted by Crippen LogP contribution is 2.36. The van der Waals surface area contributed by atoms with Gasteiger partial charge < -0.3 is 19.9 Å². The van der Waals surface area contributed by atoms with E-state index in [0.29, 0.717) is 5.56 Å². The molecule has 27 heavy (non-hydrogen) atoms. The molecule has 0 spiro atoms. The van der Waals surface area contributed by atoms with Crippen molar-refractivity contribution in [1.82, 2.24) is 0 Å². The molecular formula is C18H21NO7S. The van der Waals surface area contributed by atoms with Crippen LogP contribution in [0.4, 0.5) is 5.00 Å². The van der Waals surface area contributed by atoms with E-state index in [-0.39, 0.29) is 34.9 Å². The third kappa shape index (κ3) is 4.36. The summed E-state index contributed by atoms with van der Waals surface area (Å²) in [5.41, 5.74) is 0.413. The summed E-state index contributed by atoms with van der Waals surface area (Å²) in [5.74, 6) is -4.49. The summed E-state index contributed by atoms with van der Waals surface area (Å²) in [4.78, 5) is 48.6. The number of esters is 2. The molecular weight excluding hydrogens is 374 g/mol. The van der Waals surface area contributed by atoms with Crippen molar-refractivity contribution in [2.45, 2.75) is 26.7 Å². The zero-order valence-electron chi connectivity index (χ0n) is 15.2. The maximum atomic E-state index is 12.7. The second kappa shape index (κ2) is 8.81. The molecule has 0 saturated carbocycles. The number of carbonyl (C=O) groups is 4. The third-order valence-electron chi connectivity index (χ3n) is 4.32. The first-order valence-electron chi connectivity index (χ1n) is 8.39. The number of hydrogen-bond acceptors (Lipinski definition) is 7. The van der Waals surface area contributed by atoms with E-state index in [1.165, 1.54) is 7.11 Å². The zero-order valence-corrected chi connectivity index (χ0v) is 16.1. The number of ether oxygens (including phenoxy) is 2. The molecule has 2 atom stereocenters. The van der Waals surface area contributed by atoms with Crippen LogP contribution in [0.2, 0.25) is 0 Å². The molecule has 0 saturated heterocycles. The lowest BCUT2D eigenvalue weighted by Gasteiger charge is -2.24. The average molecular weight is 395 g/mol. The minimum Gasteiger partial charge on any atom is -0.481 e. The van der Waals surface area contributed by atoms with Crippen molar-refractivity contribution in [3.05, 3.63) is 28.2 Å². The van der Waals surface area contributed by atoms with Crippen LogP contribution in [0.5, 0.6) is 0 Å². The van der Waals surface area contributed by atoms with Crippen LogP contribution in [0.1, 0.15) is 45.4 Å². The fourth-order valence-corrected chi connectivity index (χ4v) is 4.01. The molecule has 1 aliphatic rings. The quantitative estimate of drug-likeness (QED) is 0.561. The van der Waals surface area contributed by atoms with Crippen LogP contribution in [0.3, 0.4) is 0 Å². The number of thiophene rings is 1. The van der Waals surface area contributed by atoms with Gasteiger partial charge in [0.2, 0.25) is 5.91 Å². The Morgan fingerprint density at radius 1 is 1.19 bits per heavy atom. The molecule has 2 N–H and O–H groups in total. The van der Waals surface area contributed by atoms with Crippen LogP contribution in [0.15, 0.2) is 12.2 Å². The second-order valence-corrected chi connectivity index (χ2v) is 6.98. The van der Waals surface area contributed by atoms with Crippen molar-refractivity contribution in [2.24, 2.45) is 11.8 Å². The van der Waals surface area contributed by atoms with Gasteiger partial charge in [0.15, 0.2) is 0 Å². The lowest BCUT2D eigenvalue weighted by Crippen LogP contribution is -2.34. The van der Waals surface area contributed by atoms with Crippen molar-refractivity contribution < 1.29 is 33.8 Å². The highest BCUT2D eigenvalue weighted by Gasteiger charge is 2.35. The molecule has 0 bridgehead atoms. The Morgan fingerprint density at radius 2 is 1.81 bits per heavy atom. The van der Waals surface area contributed by atoms with E-state index in [1.54, 1.807) is 26.0 Å². The Balaban J connectivity index is 2.36. The number of amides is 1. The van der Waals surface area contributed by atoms with Gasteiger partial charge in [0.25, 0.3) is 0 Å². The van der Waals surface area contributed by atoms with E-state index in [0.717, 1.165) is 11.3 Å². The van der Waals surface area contributed by atoms with E-state index < -0.39 is 35.7 Å². The number of allylic oxidation sites excluding steroid dienone is 2. The van der Waals surface area contributed by atoms with Gasteiger partial charge in [-0.1, -0.05) is 12.2 Å². The Morgan fingerprint density at radius 3 is 2.37 bits per heavy atom. The summed E-state index contributed by atoms with van der Waals surface area (Å²) in [6, 6.07) is 0. The molecule has 1 heterocycles. The van der Waals surface area contributed by atoms with Crippen LogP contribution >= 0.6 is 11.3 Å². The molecule has 1 aromatic heterocycles. The molecule has 0 unspecified atom stereocenters. The molecule has 2 rings (SSSR count). The normalized spacial score (nSPS) is 18.6. The van der Waals surface area contributed by atoms with E-state index in [9.17, 15) is 24.3 Å². The smallest absolute Gasteiger partial charge is 0.348 e. The summed E-state index contributed by atoms with van der Waals surface area (Å²) in [5, 5.41) is 12.1. The maximum absolute atomic E-state index is 12.7. The predicted octanol–water partition coefficient (Wildman–Crippen LogP) is 2.63. The number of methoxy groups -OCH3 is 1. The van der Waals surface area contributed by atoms with Crippen LogP contribution in [-0.4, -0.2) is 42.6 Å². The topological polar surface area (TPSA) is 119 Å². The molecule has 0 radical (unpaired) electrons. The van der Waals surface area contributed by atoms with E-state index >= 15 is 0 Å². The van der Waals surface area contributed by atoms with E-state index in [2.05, 4.69) is 5.32 Å². The lowest BCUT2D eigenvalue weighted by molar-refractivity contribution is -0.146. The van der Waals surface area contributed by atoms with E-state index in [1.807, 2.05) is 0 Å². The van der Waals surface area contributed by atoms with Crippen LogP contribution in [0.25, 0.3) is 0 Å². The van der Waals surface area contributed by atoms with Gasteiger partial charge in [0.05, 0.1) is 31.1 Å². The van der Waals surface area contributed by atoms with Gasteiger partial charge in [-0.25, -0.2) is 9.59 Å². The van der Waals surface area contributed by atoms with Crippen molar-refractivity contribution >= 4 is 40.2 Å². The standard InChI is InChI=1S/C18H21NO7S/c1-4-26-18(24)13-9(2)12(17(23)25-3)15(27-13)19-14(20)10-7-5-6-8-11(10)16(21)22/h5-6,10-11H,4,7-8H2,1-3H3,(H,19,20)(H,21,22)/t10-,11+/m0/s1.